The number of benzene rings is 1. The Balaban J connectivity index is 2.75. The monoisotopic (exact) mass is 276 g/mol. The van der Waals surface area contributed by atoms with E-state index in [0.29, 0.717) is 0 Å². The zero-order valence-corrected chi connectivity index (χ0v) is 9.96. The third-order valence-electron chi connectivity index (χ3n) is 1.80. The van der Waals surface area contributed by atoms with Crippen LogP contribution in [0.15, 0.2) is 30.3 Å². The smallest absolute Gasteiger partial charge is 0.321 e. The van der Waals surface area contributed by atoms with Crippen LogP contribution in [-0.4, -0.2) is 17.9 Å². The molecule has 4 heteroatoms. The molecule has 2 nitrogen and oxygen atoms in total. The van der Waals surface area contributed by atoms with E-state index in [4.69, 9.17) is 11.6 Å². The molecule has 0 spiro atoms. The van der Waals surface area contributed by atoms with E-state index in [0.717, 1.165) is 5.56 Å². The molecule has 0 radical (unpaired) electrons. The zero-order valence-electron chi connectivity index (χ0n) is 7.61. The van der Waals surface area contributed by atoms with E-state index in [1.54, 1.807) is 0 Å². The topological polar surface area (TPSA) is 26.3 Å². The minimum atomic E-state index is -0.517. The molecule has 0 aliphatic carbocycles. The van der Waals surface area contributed by atoms with Gasteiger partial charge in [0.2, 0.25) is 0 Å². The Hall–Kier alpha value is -0.540. The van der Waals surface area contributed by atoms with E-state index in [1.165, 1.54) is 7.11 Å². The van der Waals surface area contributed by atoms with Gasteiger partial charge in [0.05, 0.1) is 12.5 Å². The van der Waals surface area contributed by atoms with Crippen molar-refractivity contribution in [1.82, 2.24) is 0 Å². The molecule has 2 atom stereocenters. The average molecular weight is 278 g/mol. The lowest BCUT2D eigenvalue weighted by molar-refractivity contribution is -0.139. The highest BCUT2D eigenvalue weighted by molar-refractivity contribution is 9.10. The van der Waals surface area contributed by atoms with E-state index < -0.39 is 10.2 Å². The van der Waals surface area contributed by atoms with Gasteiger partial charge in [0.25, 0.3) is 0 Å². The van der Waals surface area contributed by atoms with Crippen LogP contribution in [0.1, 0.15) is 10.9 Å². The zero-order chi connectivity index (χ0) is 10.6. The Kier molecular flexibility index (Phi) is 4.42. The largest absolute Gasteiger partial charge is 0.468 e. The van der Waals surface area contributed by atoms with E-state index >= 15 is 0 Å². The molecule has 14 heavy (non-hydrogen) atoms. The van der Waals surface area contributed by atoms with Crippen LogP contribution >= 0.6 is 27.5 Å². The first-order chi connectivity index (χ1) is 6.66. The van der Waals surface area contributed by atoms with Crippen molar-refractivity contribution in [1.29, 1.82) is 0 Å². The molecule has 76 valence electrons. The molecule has 0 aliphatic rings. The summed E-state index contributed by atoms with van der Waals surface area (Å²) in [6.07, 6.45) is 0. The lowest BCUT2D eigenvalue weighted by atomic mass is 10.1. The molecule has 0 fully saturated rings. The summed E-state index contributed by atoms with van der Waals surface area (Å²) >= 11 is 9.28. The normalized spacial score (nSPS) is 14.5. The van der Waals surface area contributed by atoms with Crippen molar-refractivity contribution in [3.63, 3.8) is 0 Å². The van der Waals surface area contributed by atoms with Crippen LogP contribution < -0.4 is 0 Å². The lowest BCUT2D eigenvalue weighted by Crippen LogP contribution is -2.20. The molecule has 0 amide bonds. The number of esters is 1. The van der Waals surface area contributed by atoms with Crippen molar-refractivity contribution in [2.45, 2.75) is 10.2 Å². The molecule has 1 aromatic carbocycles. The van der Waals surface area contributed by atoms with Gasteiger partial charge in [0.15, 0.2) is 0 Å². The Morgan fingerprint density at radius 1 is 1.43 bits per heavy atom. The average Bonchev–Trinajstić information content (AvgIpc) is 2.27. The van der Waals surface area contributed by atoms with E-state index in [-0.39, 0.29) is 5.97 Å². The molecule has 0 aliphatic heterocycles. The van der Waals surface area contributed by atoms with Gasteiger partial charge in [-0.05, 0) is 5.56 Å². The second-order valence-electron chi connectivity index (χ2n) is 2.74. The standard InChI is InChI=1S/C10H10BrClO2/c1-14-10(13)8(11)9(12)7-5-3-2-4-6-7/h2-6,8-9H,1H3/t8-,9-/m0/s1. The van der Waals surface area contributed by atoms with Gasteiger partial charge in [-0.2, -0.15) is 0 Å². The van der Waals surface area contributed by atoms with Crippen LogP contribution in [0.5, 0.6) is 0 Å². The van der Waals surface area contributed by atoms with Crippen molar-refractivity contribution < 1.29 is 9.53 Å². The van der Waals surface area contributed by atoms with Gasteiger partial charge < -0.3 is 4.74 Å². The highest BCUT2D eigenvalue weighted by Gasteiger charge is 2.25. The van der Waals surface area contributed by atoms with E-state index in [2.05, 4.69) is 20.7 Å². The highest BCUT2D eigenvalue weighted by atomic mass is 79.9. The highest BCUT2D eigenvalue weighted by Crippen LogP contribution is 2.29. The van der Waals surface area contributed by atoms with Crippen molar-refractivity contribution in [3.05, 3.63) is 35.9 Å². The second-order valence-corrected chi connectivity index (χ2v) is 4.19. The number of halogens is 2. The summed E-state index contributed by atoms with van der Waals surface area (Å²) < 4.78 is 4.58. The molecule has 0 saturated carbocycles. The van der Waals surface area contributed by atoms with Gasteiger partial charge in [-0.1, -0.05) is 46.3 Å². The van der Waals surface area contributed by atoms with Crippen LogP contribution in [0.4, 0.5) is 0 Å². The quantitative estimate of drug-likeness (QED) is 0.627. The minimum Gasteiger partial charge on any atom is -0.468 e. The van der Waals surface area contributed by atoms with Crippen molar-refractivity contribution in [2.75, 3.05) is 7.11 Å². The lowest BCUT2D eigenvalue weighted by Gasteiger charge is -2.14. The molecule has 0 aromatic heterocycles. The fraction of sp³-hybridized carbons (Fsp3) is 0.300. The maximum absolute atomic E-state index is 11.2. The number of hydrogen-bond donors (Lipinski definition) is 0. The minimum absolute atomic E-state index is 0.367. The van der Waals surface area contributed by atoms with Crippen molar-refractivity contribution in [2.24, 2.45) is 0 Å². The van der Waals surface area contributed by atoms with Crippen molar-refractivity contribution in [3.8, 4) is 0 Å². The van der Waals surface area contributed by atoms with E-state index in [9.17, 15) is 4.79 Å². The molecule has 1 aromatic rings. The Bertz CT molecular complexity index is 302. The molecular weight excluding hydrogens is 267 g/mol. The third-order valence-corrected chi connectivity index (χ3v) is 3.51. The van der Waals surface area contributed by atoms with Crippen LogP contribution in [-0.2, 0) is 9.53 Å². The molecule has 1 rings (SSSR count). The number of ether oxygens (including phenoxy) is 1. The fourth-order valence-corrected chi connectivity index (χ4v) is 1.78. The van der Waals surface area contributed by atoms with Crippen molar-refractivity contribution >= 4 is 33.5 Å². The summed E-state index contributed by atoms with van der Waals surface area (Å²) in [6.45, 7) is 0. The first-order valence-corrected chi connectivity index (χ1v) is 5.43. The maximum atomic E-state index is 11.2. The van der Waals surface area contributed by atoms with Gasteiger partial charge in [0, 0.05) is 0 Å². The van der Waals surface area contributed by atoms with Gasteiger partial charge in [-0.15, -0.1) is 11.6 Å². The summed E-state index contributed by atoms with van der Waals surface area (Å²) in [7, 11) is 1.34. The summed E-state index contributed by atoms with van der Waals surface area (Å²) in [5, 5.41) is -0.413. The number of carbonyl (C=O) groups is 1. The maximum Gasteiger partial charge on any atom is 0.321 e. The number of hydrogen-bond acceptors (Lipinski definition) is 2. The summed E-state index contributed by atoms with van der Waals surface area (Å²) in [5.74, 6) is -0.367. The summed E-state index contributed by atoms with van der Waals surface area (Å²) in [6, 6.07) is 9.39. The van der Waals surface area contributed by atoms with Gasteiger partial charge in [-0.3, -0.25) is 4.79 Å². The van der Waals surface area contributed by atoms with E-state index in [1.807, 2.05) is 30.3 Å². The third kappa shape index (κ3) is 2.72. The van der Waals surface area contributed by atoms with Crippen LogP contribution in [0.2, 0.25) is 0 Å². The molecule has 0 bridgehead atoms. The van der Waals surface area contributed by atoms with Gasteiger partial charge in [-0.25, -0.2) is 0 Å². The first kappa shape index (κ1) is 11.5. The fourth-order valence-electron chi connectivity index (χ4n) is 1.04. The predicted octanol–water partition coefficient (Wildman–Crippen LogP) is 2.90. The molecule has 0 unspecified atom stereocenters. The predicted molar refractivity (Wildman–Crippen MR) is 59.8 cm³/mol. The number of rotatable bonds is 3. The SMILES string of the molecule is COC(=O)[C@@H](Br)[C@@H](Cl)c1ccccc1. The Morgan fingerprint density at radius 3 is 2.50 bits per heavy atom. The van der Waals surface area contributed by atoms with Crippen LogP contribution in [0, 0.1) is 0 Å². The van der Waals surface area contributed by atoms with Crippen LogP contribution in [0.25, 0.3) is 0 Å². The Labute approximate surface area is 96.3 Å². The first-order valence-electron chi connectivity index (χ1n) is 4.07. The molecule has 0 saturated heterocycles. The molecular formula is C10H10BrClO2. The molecule has 0 heterocycles. The number of methoxy groups -OCH3 is 1. The van der Waals surface area contributed by atoms with Gasteiger partial charge in [0.1, 0.15) is 4.83 Å². The summed E-state index contributed by atoms with van der Waals surface area (Å²) in [5.41, 5.74) is 0.890. The number of carbonyl (C=O) groups excluding carboxylic acids is 1. The second kappa shape index (κ2) is 5.37. The number of alkyl halides is 2. The molecule has 0 N–H and O–H groups in total. The van der Waals surface area contributed by atoms with Crippen LogP contribution in [0.3, 0.4) is 0 Å². The Morgan fingerprint density at radius 2 is 2.00 bits per heavy atom. The van der Waals surface area contributed by atoms with Gasteiger partial charge >= 0.3 is 5.97 Å². The summed E-state index contributed by atoms with van der Waals surface area (Å²) in [4.78, 5) is 10.7.